The Balaban J connectivity index is 1.65. The maximum atomic E-state index is 13.9. The second-order valence-corrected chi connectivity index (χ2v) is 12.6. The summed E-state index contributed by atoms with van der Waals surface area (Å²) in [6.07, 6.45) is -0.0110. The number of carbonyl (C=O) groups is 2. The van der Waals surface area contributed by atoms with Gasteiger partial charge in [-0.25, -0.2) is 9.59 Å². The minimum absolute atomic E-state index is 0.269. The van der Waals surface area contributed by atoms with E-state index in [2.05, 4.69) is 76.2 Å². The summed E-state index contributed by atoms with van der Waals surface area (Å²) in [7, 11) is 0. The number of hydrogen-bond acceptors (Lipinski definition) is 4. The van der Waals surface area contributed by atoms with Crippen molar-refractivity contribution in [2.24, 2.45) is 11.8 Å². The largest absolute Gasteiger partial charge is 0.453 e. The second kappa shape index (κ2) is 10.9. The molecule has 4 heteroatoms. The molecule has 0 saturated carbocycles. The van der Waals surface area contributed by atoms with E-state index in [1.165, 1.54) is 0 Å². The molecule has 0 aliphatic heterocycles. The molecule has 2 unspecified atom stereocenters. The van der Waals surface area contributed by atoms with Crippen LogP contribution in [0.1, 0.15) is 83.5 Å². The van der Waals surface area contributed by atoms with Gasteiger partial charge in [-0.2, -0.15) is 0 Å². The monoisotopic (exact) mass is 558 g/mol. The Morgan fingerprint density at radius 2 is 0.810 bits per heavy atom. The lowest BCUT2D eigenvalue weighted by molar-refractivity contribution is -0.104. The predicted octanol–water partition coefficient (Wildman–Crippen LogP) is 8.13. The van der Waals surface area contributed by atoms with Gasteiger partial charge < -0.3 is 9.47 Å². The summed E-state index contributed by atoms with van der Waals surface area (Å²) in [6, 6.07) is 35.3. The molecular weight excluding hydrogens is 520 g/mol. The number of hydrogen-bond donors (Lipinski definition) is 0. The van der Waals surface area contributed by atoms with E-state index in [0.717, 1.165) is 35.1 Å². The first kappa shape index (κ1) is 28.0. The molecule has 4 nitrogen and oxygen atoms in total. The molecule has 4 aromatic rings. The molecule has 0 radical (unpaired) electrons. The zero-order valence-electron chi connectivity index (χ0n) is 24.7. The number of esters is 2. The van der Waals surface area contributed by atoms with E-state index in [-0.39, 0.29) is 11.8 Å². The predicted molar refractivity (Wildman–Crippen MR) is 165 cm³/mol. The number of fused-ring (bicyclic) bond motifs is 1. The van der Waals surface area contributed by atoms with Gasteiger partial charge in [0.1, 0.15) is 0 Å². The number of carbonyl (C=O) groups excluding carboxylic acids is 2. The molecule has 0 spiro atoms. The fourth-order valence-corrected chi connectivity index (χ4v) is 7.74. The Bertz CT molecular complexity index is 1420. The third kappa shape index (κ3) is 4.36. The van der Waals surface area contributed by atoms with Gasteiger partial charge in [-0.1, -0.05) is 113 Å². The van der Waals surface area contributed by atoms with Crippen LogP contribution in [0.3, 0.4) is 0 Å². The lowest BCUT2D eigenvalue weighted by Crippen LogP contribution is -2.68. The highest BCUT2D eigenvalue weighted by molar-refractivity contribution is 5.91. The minimum atomic E-state index is -0.733. The second-order valence-electron chi connectivity index (χ2n) is 12.6. The molecule has 214 valence electrons. The van der Waals surface area contributed by atoms with E-state index >= 15 is 0 Å². The Morgan fingerprint density at radius 3 is 1.10 bits per heavy atom. The molecule has 2 atom stereocenters. The Labute approximate surface area is 248 Å². The molecule has 0 aromatic heterocycles. The van der Waals surface area contributed by atoms with Gasteiger partial charge in [-0.15, -0.1) is 0 Å². The molecule has 7 rings (SSSR count). The van der Waals surface area contributed by atoms with E-state index in [4.69, 9.17) is 9.47 Å². The smallest absolute Gasteiger partial charge is 0.338 e. The standard InChI is InChI=1S/C38H38O4/c1-25(2)23-37-29-19-11-13-21-31(29)38(24-26(3)4,32-22-14-12-20-30(32)37)34(42-36(40)28-17-9-6-10-18-28)33(37)41-35(39)27-15-7-5-8-16-27/h5-22,25-26,33-34H,23-24H2,1-4H3/t33?,34?,37-,38+. The Hall–Kier alpha value is -4.18. The SMILES string of the molecule is CC(C)C[C@]12c3ccccc3[C@](CC(C)C)(c3ccccc31)C(OC(=O)c1ccccc1)C2OC(=O)c1ccccc1. The van der Waals surface area contributed by atoms with Gasteiger partial charge in [0.05, 0.1) is 22.0 Å². The van der Waals surface area contributed by atoms with E-state index < -0.39 is 35.0 Å². The van der Waals surface area contributed by atoms with Gasteiger partial charge in [-0.3, -0.25) is 0 Å². The summed E-state index contributed by atoms with van der Waals surface area (Å²) in [5.41, 5.74) is 4.20. The maximum absolute atomic E-state index is 13.9. The molecule has 2 bridgehead atoms. The van der Waals surface area contributed by atoms with Crippen molar-refractivity contribution < 1.29 is 19.1 Å². The van der Waals surface area contributed by atoms with Crippen LogP contribution >= 0.6 is 0 Å². The van der Waals surface area contributed by atoms with Gasteiger partial charge in [-0.05, 0) is 71.2 Å². The summed E-state index contributed by atoms with van der Waals surface area (Å²) < 4.78 is 13.3. The molecule has 4 aromatic carbocycles. The molecule has 0 saturated heterocycles. The van der Waals surface area contributed by atoms with Crippen molar-refractivity contribution in [1.29, 1.82) is 0 Å². The molecule has 0 heterocycles. The van der Waals surface area contributed by atoms with E-state index in [1.807, 2.05) is 36.4 Å². The summed E-state index contributed by atoms with van der Waals surface area (Å²) in [5.74, 6) is -0.283. The number of rotatable bonds is 8. The molecule has 3 aliphatic rings. The number of benzene rings is 4. The summed E-state index contributed by atoms with van der Waals surface area (Å²) in [6.45, 7) is 8.80. The first-order valence-corrected chi connectivity index (χ1v) is 15.0. The van der Waals surface area contributed by atoms with Crippen molar-refractivity contribution in [3.63, 3.8) is 0 Å². The summed E-state index contributed by atoms with van der Waals surface area (Å²) in [4.78, 5) is 27.8. The van der Waals surface area contributed by atoms with Gasteiger partial charge in [0, 0.05) is 0 Å². The van der Waals surface area contributed by atoms with Crippen LogP contribution in [0.15, 0.2) is 109 Å². The normalized spacial score (nSPS) is 23.8. The molecule has 0 N–H and O–H groups in total. The van der Waals surface area contributed by atoms with E-state index in [1.54, 1.807) is 24.3 Å². The van der Waals surface area contributed by atoms with Gasteiger partial charge in [0.2, 0.25) is 0 Å². The topological polar surface area (TPSA) is 52.6 Å². The third-order valence-corrected chi connectivity index (χ3v) is 8.97. The lowest BCUT2D eigenvalue weighted by Gasteiger charge is -2.62. The highest BCUT2D eigenvalue weighted by Gasteiger charge is 2.68. The highest BCUT2D eigenvalue weighted by Crippen LogP contribution is 2.64. The van der Waals surface area contributed by atoms with Crippen LogP contribution in [0, 0.1) is 11.8 Å². The quantitative estimate of drug-likeness (QED) is 0.205. The molecular formula is C38H38O4. The lowest BCUT2D eigenvalue weighted by atomic mass is 9.44. The fraction of sp³-hybridized carbons (Fsp3) is 0.316. The number of ether oxygens (including phenoxy) is 2. The summed E-state index contributed by atoms with van der Waals surface area (Å²) in [5, 5.41) is 0. The maximum Gasteiger partial charge on any atom is 0.338 e. The highest BCUT2D eigenvalue weighted by atomic mass is 16.6. The Morgan fingerprint density at radius 1 is 0.524 bits per heavy atom. The van der Waals surface area contributed by atoms with Crippen LogP contribution in [0.4, 0.5) is 0 Å². The minimum Gasteiger partial charge on any atom is -0.453 e. The average Bonchev–Trinajstić information content (AvgIpc) is 3.00. The molecule has 0 amide bonds. The Kier molecular flexibility index (Phi) is 7.26. The van der Waals surface area contributed by atoms with Gasteiger partial charge in [0.15, 0.2) is 12.2 Å². The van der Waals surface area contributed by atoms with Crippen LogP contribution in [0.5, 0.6) is 0 Å². The van der Waals surface area contributed by atoms with Crippen LogP contribution < -0.4 is 0 Å². The van der Waals surface area contributed by atoms with Crippen molar-refractivity contribution in [2.75, 3.05) is 0 Å². The molecule has 3 aliphatic carbocycles. The first-order valence-electron chi connectivity index (χ1n) is 15.0. The van der Waals surface area contributed by atoms with Crippen molar-refractivity contribution in [3.8, 4) is 0 Å². The zero-order chi connectivity index (χ0) is 29.5. The van der Waals surface area contributed by atoms with Crippen molar-refractivity contribution in [3.05, 3.63) is 143 Å². The van der Waals surface area contributed by atoms with Crippen LogP contribution in [-0.4, -0.2) is 24.1 Å². The molecule has 0 fully saturated rings. The average molecular weight is 559 g/mol. The van der Waals surface area contributed by atoms with Crippen molar-refractivity contribution in [1.82, 2.24) is 0 Å². The van der Waals surface area contributed by atoms with Crippen molar-refractivity contribution >= 4 is 11.9 Å². The van der Waals surface area contributed by atoms with E-state index in [9.17, 15) is 9.59 Å². The van der Waals surface area contributed by atoms with Crippen molar-refractivity contribution in [2.45, 2.75) is 63.6 Å². The fourth-order valence-electron chi connectivity index (χ4n) is 7.74. The van der Waals surface area contributed by atoms with E-state index in [0.29, 0.717) is 11.1 Å². The van der Waals surface area contributed by atoms with Crippen LogP contribution in [-0.2, 0) is 20.3 Å². The summed E-state index contributed by atoms with van der Waals surface area (Å²) >= 11 is 0. The zero-order valence-corrected chi connectivity index (χ0v) is 24.7. The van der Waals surface area contributed by atoms with Gasteiger partial charge in [0.25, 0.3) is 0 Å². The molecule has 42 heavy (non-hydrogen) atoms. The van der Waals surface area contributed by atoms with Crippen LogP contribution in [0.2, 0.25) is 0 Å². The third-order valence-electron chi connectivity index (χ3n) is 8.97. The van der Waals surface area contributed by atoms with Crippen LogP contribution in [0.25, 0.3) is 0 Å². The van der Waals surface area contributed by atoms with Gasteiger partial charge >= 0.3 is 11.9 Å². The first-order chi connectivity index (χ1) is 20.3.